The fourth-order valence-electron chi connectivity index (χ4n) is 10.1. The number of hydrogen-bond acceptors (Lipinski definition) is 5. The summed E-state index contributed by atoms with van der Waals surface area (Å²) < 4.78 is 5.47. The molecule has 0 radical (unpaired) electrons. The minimum atomic E-state index is -0.668. The monoisotopic (exact) mass is 1030 g/mol. The summed E-state index contributed by atoms with van der Waals surface area (Å²) in [6.45, 7) is 4.93. The maximum Gasteiger partial charge on any atom is 0.305 e. The lowest BCUT2D eigenvalue weighted by Crippen LogP contribution is -2.45. The van der Waals surface area contributed by atoms with E-state index in [1.165, 1.54) is 270 Å². The molecule has 2 unspecified atom stereocenters. The fourth-order valence-corrected chi connectivity index (χ4v) is 10.1. The van der Waals surface area contributed by atoms with Gasteiger partial charge >= 0.3 is 5.97 Å². The van der Waals surface area contributed by atoms with E-state index in [1.807, 2.05) is 0 Å². The first-order valence-corrected chi connectivity index (χ1v) is 32.7. The molecule has 0 saturated heterocycles. The number of hydrogen-bond donors (Lipinski definition) is 3. The molecule has 0 aliphatic carbocycles. The molecule has 0 heterocycles. The van der Waals surface area contributed by atoms with Crippen molar-refractivity contribution in [1.82, 2.24) is 5.32 Å². The van der Waals surface area contributed by atoms with Crippen LogP contribution < -0.4 is 5.32 Å². The van der Waals surface area contributed by atoms with Crippen LogP contribution in [0.2, 0.25) is 0 Å². The third-order valence-electron chi connectivity index (χ3n) is 15.2. The van der Waals surface area contributed by atoms with Crippen molar-refractivity contribution in [3.05, 3.63) is 36.5 Å². The van der Waals surface area contributed by atoms with Crippen molar-refractivity contribution < 1.29 is 24.5 Å². The maximum atomic E-state index is 12.5. The Labute approximate surface area is 455 Å². The molecule has 1 amide bonds. The first-order valence-electron chi connectivity index (χ1n) is 32.7. The van der Waals surface area contributed by atoms with Crippen LogP contribution in [0, 0.1) is 0 Å². The predicted octanol–water partition coefficient (Wildman–Crippen LogP) is 20.8. The number of aliphatic hydroxyl groups is 2. The van der Waals surface area contributed by atoms with E-state index in [0.29, 0.717) is 25.9 Å². The van der Waals surface area contributed by atoms with Gasteiger partial charge in [0.25, 0.3) is 0 Å². The smallest absolute Gasteiger partial charge is 0.305 e. The van der Waals surface area contributed by atoms with Crippen molar-refractivity contribution >= 4 is 11.9 Å². The molecule has 6 heteroatoms. The standard InChI is InChI=1S/C67H127NO5/c1-3-5-7-9-11-13-15-17-19-20-29-32-35-39-43-47-51-55-59-65(70)64(63-69)68-66(71)60-56-52-48-44-40-36-33-30-27-25-23-21-22-24-26-28-31-34-38-42-46-50-54-58-62-73-67(72)61-57-53-49-45-41-37-18-16-14-12-10-8-6-4-2/h10,12,16,18,23,25,64-65,69-70H,3-9,11,13-15,17,19-22,24,26-63H2,1-2H3,(H,68,71)/b12-10-,18-16-,25-23-. The lowest BCUT2D eigenvalue weighted by molar-refractivity contribution is -0.143. The van der Waals surface area contributed by atoms with E-state index >= 15 is 0 Å². The summed E-state index contributed by atoms with van der Waals surface area (Å²) in [5, 5.41) is 23.4. The van der Waals surface area contributed by atoms with Crippen LogP contribution in [0.5, 0.6) is 0 Å². The van der Waals surface area contributed by atoms with Gasteiger partial charge in [-0.2, -0.15) is 0 Å². The van der Waals surface area contributed by atoms with Crippen molar-refractivity contribution in [3.8, 4) is 0 Å². The van der Waals surface area contributed by atoms with E-state index in [9.17, 15) is 19.8 Å². The average Bonchev–Trinajstić information content (AvgIpc) is 3.39. The minimum Gasteiger partial charge on any atom is -0.466 e. The van der Waals surface area contributed by atoms with E-state index in [2.05, 4.69) is 55.6 Å². The summed E-state index contributed by atoms with van der Waals surface area (Å²) in [5.41, 5.74) is 0. The molecule has 0 spiro atoms. The highest BCUT2D eigenvalue weighted by Gasteiger charge is 2.20. The van der Waals surface area contributed by atoms with Gasteiger partial charge in [-0.3, -0.25) is 9.59 Å². The maximum absolute atomic E-state index is 12.5. The van der Waals surface area contributed by atoms with Gasteiger partial charge < -0.3 is 20.3 Å². The number of ether oxygens (including phenoxy) is 1. The van der Waals surface area contributed by atoms with E-state index in [0.717, 1.165) is 51.4 Å². The third kappa shape index (κ3) is 59.2. The molecule has 6 nitrogen and oxygen atoms in total. The first-order chi connectivity index (χ1) is 36.0. The lowest BCUT2D eigenvalue weighted by Gasteiger charge is -2.22. The molecule has 430 valence electrons. The molecule has 0 aromatic rings. The zero-order chi connectivity index (χ0) is 52.9. The number of amides is 1. The van der Waals surface area contributed by atoms with E-state index in [1.54, 1.807) is 0 Å². The molecule has 0 aromatic heterocycles. The molecular formula is C67H127NO5. The van der Waals surface area contributed by atoms with Gasteiger partial charge in [0.15, 0.2) is 0 Å². The summed E-state index contributed by atoms with van der Waals surface area (Å²) in [4.78, 5) is 24.6. The van der Waals surface area contributed by atoms with Gasteiger partial charge in [-0.05, 0) is 77.0 Å². The number of esters is 1. The highest BCUT2D eigenvalue weighted by molar-refractivity contribution is 5.76. The topological polar surface area (TPSA) is 95.9 Å². The Balaban J connectivity index is 3.41. The number of allylic oxidation sites excluding steroid dienone is 6. The zero-order valence-corrected chi connectivity index (χ0v) is 49.1. The molecular weight excluding hydrogens is 899 g/mol. The second-order valence-electron chi connectivity index (χ2n) is 22.4. The van der Waals surface area contributed by atoms with Crippen LogP contribution in [0.3, 0.4) is 0 Å². The quantitative estimate of drug-likeness (QED) is 0.0320. The van der Waals surface area contributed by atoms with Crippen LogP contribution in [0.15, 0.2) is 36.5 Å². The predicted molar refractivity (Wildman–Crippen MR) is 319 cm³/mol. The Hall–Kier alpha value is -1.92. The van der Waals surface area contributed by atoms with Crippen molar-refractivity contribution in [1.29, 1.82) is 0 Å². The van der Waals surface area contributed by atoms with Gasteiger partial charge in [-0.25, -0.2) is 0 Å². The zero-order valence-electron chi connectivity index (χ0n) is 49.1. The fraction of sp³-hybridized carbons (Fsp3) is 0.881. The Kier molecular flexibility index (Phi) is 61.0. The van der Waals surface area contributed by atoms with Crippen LogP contribution in [0.25, 0.3) is 0 Å². The second-order valence-corrected chi connectivity index (χ2v) is 22.4. The van der Waals surface area contributed by atoms with Crippen LogP contribution in [0.1, 0.15) is 354 Å². The molecule has 0 saturated carbocycles. The molecule has 0 aliphatic rings. The average molecular weight is 1030 g/mol. The van der Waals surface area contributed by atoms with Crippen molar-refractivity contribution in [2.24, 2.45) is 0 Å². The molecule has 0 rings (SSSR count). The Morgan fingerprint density at radius 3 is 1.10 bits per heavy atom. The van der Waals surface area contributed by atoms with Crippen LogP contribution in [-0.2, 0) is 14.3 Å². The third-order valence-corrected chi connectivity index (χ3v) is 15.2. The Morgan fingerprint density at radius 2 is 0.699 bits per heavy atom. The molecule has 73 heavy (non-hydrogen) atoms. The van der Waals surface area contributed by atoms with Crippen LogP contribution >= 0.6 is 0 Å². The summed E-state index contributed by atoms with van der Waals surface area (Å²) in [5.74, 6) is -0.0389. The van der Waals surface area contributed by atoms with E-state index in [4.69, 9.17) is 4.74 Å². The molecule has 0 fully saturated rings. The molecule has 0 bridgehead atoms. The number of nitrogens with one attached hydrogen (secondary N) is 1. The molecule has 2 atom stereocenters. The van der Waals surface area contributed by atoms with Crippen LogP contribution in [-0.4, -0.2) is 47.4 Å². The Bertz CT molecular complexity index is 1180. The van der Waals surface area contributed by atoms with E-state index in [-0.39, 0.29) is 18.5 Å². The first kappa shape index (κ1) is 71.1. The highest BCUT2D eigenvalue weighted by Crippen LogP contribution is 2.18. The minimum absolute atomic E-state index is 0.00187. The van der Waals surface area contributed by atoms with Gasteiger partial charge in [0.1, 0.15) is 0 Å². The summed E-state index contributed by atoms with van der Waals surface area (Å²) in [6, 6.07) is -0.546. The van der Waals surface area contributed by atoms with Gasteiger partial charge in [0, 0.05) is 12.8 Å². The Morgan fingerprint density at radius 1 is 0.384 bits per heavy atom. The number of carbonyl (C=O) groups is 2. The van der Waals surface area contributed by atoms with Gasteiger partial charge in [-0.15, -0.1) is 0 Å². The normalized spacial score (nSPS) is 12.8. The van der Waals surface area contributed by atoms with Gasteiger partial charge in [-0.1, -0.05) is 301 Å². The summed E-state index contributed by atoms with van der Waals surface area (Å²) in [7, 11) is 0. The SMILES string of the molecule is CCCC/C=C\C/C=C\CCCCCCCC(=O)OCCCCCCCCCCCCCC/C=C\CCCCCCCCCCC(=O)NC(CO)C(O)CCCCCCCCCCCCCCCCCCCC. The lowest BCUT2D eigenvalue weighted by atomic mass is 10.0. The largest absolute Gasteiger partial charge is 0.466 e. The second kappa shape index (κ2) is 62.6. The summed E-state index contributed by atoms with van der Waals surface area (Å²) >= 11 is 0. The number of carbonyl (C=O) groups excluding carboxylic acids is 2. The van der Waals surface area contributed by atoms with Gasteiger partial charge in [0.2, 0.25) is 5.91 Å². The summed E-state index contributed by atoms with van der Waals surface area (Å²) in [6.07, 6.45) is 78.8. The molecule has 3 N–H and O–H groups in total. The van der Waals surface area contributed by atoms with Gasteiger partial charge in [0.05, 0.1) is 25.4 Å². The number of rotatable bonds is 61. The van der Waals surface area contributed by atoms with Crippen LogP contribution in [0.4, 0.5) is 0 Å². The van der Waals surface area contributed by atoms with Crippen molar-refractivity contribution in [2.75, 3.05) is 13.2 Å². The number of aliphatic hydroxyl groups excluding tert-OH is 2. The molecule has 0 aromatic carbocycles. The van der Waals surface area contributed by atoms with Crippen molar-refractivity contribution in [2.45, 2.75) is 366 Å². The van der Waals surface area contributed by atoms with E-state index < -0.39 is 12.1 Å². The highest BCUT2D eigenvalue weighted by atomic mass is 16.5. The molecule has 0 aliphatic heterocycles. The number of unbranched alkanes of at least 4 members (excludes halogenated alkanes) is 44. The van der Waals surface area contributed by atoms with Crippen molar-refractivity contribution in [3.63, 3.8) is 0 Å².